The molecule has 2 aromatic rings. The molecule has 5 heteroatoms. The minimum absolute atomic E-state index is 0.491. The number of hydrogen-bond donors (Lipinski definition) is 1. The number of aromatic nitrogens is 1. The Balaban J connectivity index is 1.60. The van der Waals surface area contributed by atoms with Gasteiger partial charge in [-0.2, -0.15) is 0 Å². The molecule has 0 aromatic carbocycles. The molecule has 3 rings (SSSR count). The first kappa shape index (κ1) is 13.8. The van der Waals surface area contributed by atoms with E-state index in [1.54, 1.807) is 17.6 Å². The molecule has 1 saturated carbocycles. The quantitative estimate of drug-likeness (QED) is 0.920. The Hall–Kier alpha value is -1.17. The van der Waals surface area contributed by atoms with Crippen molar-refractivity contribution in [2.24, 2.45) is 0 Å². The molecular formula is C15H20N2O2S. The smallest absolute Gasteiger partial charge is 0.162 e. The first-order valence-corrected chi connectivity index (χ1v) is 7.92. The van der Waals surface area contributed by atoms with Gasteiger partial charge in [0.2, 0.25) is 0 Å². The highest BCUT2D eigenvalue weighted by molar-refractivity contribution is 7.13. The fourth-order valence-corrected chi connectivity index (χ4v) is 3.70. The standard InChI is InChI=1S/C15H20N2O2S/c1-17(11-15(18)6-2-3-7-15)9-12-10-20-14(16-12)13-5-4-8-19-13/h4-5,8,10,18H,2-3,6-7,9,11H2,1H3. The molecule has 0 aliphatic heterocycles. The lowest BCUT2D eigenvalue weighted by Gasteiger charge is -2.28. The van der Waals surface area contributed by atoms with Crippen molar-refractivity contribution in [2.75, 3.05) is 13.6 Å². The van der Waals surface area contributed by atoms with Gasteiger partial charge in [0.25, 0.3) is 0 Å². The molecule has 20 heavy (non-hydrogen) atoms. The van der Waals surface area contributed by atoms with Crippen LogP contribution in [0, 0.1) is 0 Å². The summed E-state index contributed by atoms with van der Waals surface area (Å²) in [5, 5.41) is 13.4. The van der Waals surface area contributed by atoms with Gasteiger partial charge in [-0.25, -0.2) is 4.98 Å². The molecule has 1 fully saturated rings. The summed E-state index contributed by atoms with van der Waals surface area (Å²) >= 11 is 1.60. The van der Waals surface area contributed by atoms with E-state index in [0.717, 1.165) is 55.2 Å². The summed E-state index contributed by atoms with van der Waals surface area (Å²) in [6, 6.07) is 3.80. The Morgan fingerprint density at radius 2 is 2.25 bits per heavy atom. The first-order valence-electron chi connectivity index (χ1n) is 7.04. The third-order valence-electron chi connectivity index (χ3n) is 3.81. The van der Waals surface area contributed by atoms with E-state index in [1.807, 2.05) is 19.2 Å². The number of thiazole rings is 1. The van der Waals surface area contributed by atoms with Gasteiger partial charge in [0, 0.05) is 18.5 Å². The minimum Gasteiger partial charge on any atom is -0.462 e. The highest BCUT2D eigenvalue weighted by Gasteiger charge is 2.32. The van der Waals surface area contributed by atoms with E-state index in [1.165, 1.54) is 0 Å². The summed E-state index contributed by atoms with van der Waals surface area (Å²) in [6.45, 7) is 1.49. The van der Waals surface area contributed by atoms with Crippen molar-refractivity contribution in [3.8, 4) is 10.8 Å². The molecule has 1 aliphatic rings. The Kier molecular flexibility index (Phi) is 3.92. The van der Waals surface area contributed by atoms with Crippen LogP contribution in [0.1, 0.15) is 31.4 Å². The monoisotopic (exact) mass is 292 g/mol. The zero-order valence-electron chi connectivity index (χ0n) is 11.7. The van der Waals surface area contributed by atoms with E-state index in [9.17, 15) is 5.11 Å². The van der Waals surface area contributed by atoms with E-state index in [0.29, 0.717) is 0 Å². The van der Waals surface area contributed by atoms with E-state index in [2.05, 4.69) is 15.3 Å². The molecule has 0 radical (unpaired) electrons. The highest BCUT2D eigenvalue weighted by Crippen LogP contribution is 2.30. The van der Waals surface area contributed by atoms with Gasteiger partial charge in [0.15, 0.2) is 10.8 Å². The Morgan fingerprint density at radius 3 is 2.95 bits per heavy atom. The Labute approximate surface area is 123 Å². The molecule has 0 unspecified atom stereocenters. The van der Waals surface area contributed by atoms with Crippen molar-refractivity contribution in [3.63, 3.8) is 0 Å². The van der Waals surface area contributed by atoms with Crippen molar-refractivity contribution in [1.82, 2.24) is 9.88 Å². The molecular weight excluding hydrogens is 272 g/mol. The van der Waals surface area contributed by atoms with Gasteiger partial charge in [0.05, 0.1) is 17.6 Å². The molecule has 2 heterocycles. The number of furan rings is 1. The van der Waals surface area contributed by atoms with E-state index >= 15 is 0 Å². The van der Waals surface area contributed by atoms with Crippen molar-refractivity contribution >= 4 is 11.3 Å². The van der Waals surface area contributed by atoms with E-state index < -0.39 is 5.60 Å². The average molecular weight is 292 g/mol. The molecule has 1 N–H and O–H groups in total. The third kappa shape index (κ3) is 3.11. The largest absolute Gasteiger partial charge is 0.462 e. The summed E-state index contributed by atoms with van der Waals surface area (Å²) in [4.78, 5) is 6.75. The van der Waals surface area contributed by atoms with Gasteiger partial charge in [-0.05, 0) is 32.0 Å². The van der Waals surface area contributed by atoms with Crippen LogP contribution in [0.2, 0.25) is 0 Å². The van der Waals surface area contributed by atoms with Crippen LogP contribution in [0.3, 0.4) is 0 Å². The molecule has 1 aliphatic carbocycles. The highest BCUT2D eigenvalue weighted by atomic mass is 32.1. The predicted octanol–water partition coefficient (Wildman–Crippen LogP) is 3.14. The van der Waals surface area contributed by atoms with Gasteiger partial charge in [-0.3, -0.25) is 4.90 Å². The second-order valence-corrected chi connectivity index (χ2v) is 6.58. The Bertz CT molecular complexity index is 544. The molecule has 0 atom stereocenters. The Morgan fingerprint density at radius 1 is 1.45 bits per heavy atom. The van der Waals surface area contributed by atoms with E-state index in [4.69, 9.17) is 4.42 Å². The van der Waals surface area contributed by atoms with Gasteiger partial charge in [-0.15, -0.1) is 11.3 Å². The maximum Gasteiger partial charge on any atom is 0.162 e. The number of aliphatic hydroxyl groups is 1. The molecule has 0 bridgehead atoms. The summed E-state index contributed by atoms with van der Waals surface area (Å²) in [5.41, 5.74) is 0.541. The maximum absolute atomic E-state index is 10.4. The lowest BCUT2D eigenvalue weighted by molar-refractivity contribution is 0.0143. The molecule has 108 valence electrons. The van der Waals surface area contributed by atoms with Gasteiger partial charge < -0.3 is 9.52 Å². The fraction of sp³-hybridized carbons (Fsp3) is 0.533. The summed E-state index contributed by atoms with van der Waals surface area (Å²) < 4.78 is 5.36. The molecule has 0 saturated heterocycles. The topological polar surface area (TPSA) is 49.5 Å². The molecule has 2 aromatic heterocycles. The maximum atomic E-state index is 10.4. The number of nitrogens with zero attached hydrogens (tertiary/aromatic N) is 2. The van der Waals surface area contributed by atoms with Crippen molar-refractivity contribution in [1.29, 1.82) is 0 Å². The van der Waals surface area contributed by atoms with Crippen LogP contribution in [0.25, 0.3) is 10.8 Å². The zero-order chi connectivity index (χ0) is 14.0. The number of rotatable bonds is 5. The first-order chi connectivity index (χ1) is 9.65. The van der Waals surface area contributed by atoms with Gasteiger partial charge >= 0.3 is 0 Å². The number of likely N-dealkylation sites (N-methyl/N-ethyl adjacent to an activating group) is 1. The summed E-state index contributed by atoms with van der Waals surface area (Å²) in [6.07, 6.45) is 5.80. The number of hydrogen-bond acceptors (Lipinski definition) is 5. The van der Waals surface area contributed by atoms with Crippen LogP contribution in [0.4, 0.5) is 0 Å². The normalized spacial score (nSPS) is 17.9. The average Bonchev–Trinajstić information content (AvgIpc) is 3.08. The SMILES string of the molecule is CN(Cc1csc(-c2ccco2)n1)CC1(O)CCCC1. The molecule has 0 amide bonds. The second kappa shape index (κ2) is 5.68. The molecule has 4 nitrogen and oxygen atoms in total. The predicted molar refractivity (Wildman–Crippen MR) is 79.6 cm³/mol. The van der Waals surface area contributed by atoms with Crippen LogP contribution in [0.5, 0.6) is 0 Å². The molecule has 0 spiro atoms. The van der Waals surface area contributed by atoms with Crippen molar-refractivity contribution in [2.45, 2.75) is 37.8 Å². The minimum atomic E-state index is -0.491. The van der Waals surface area contributed by atoms with Gasteiger partial charge in [-0.1, -0.05) is 12.8 Å². The third-order valence-corrected chi connectivity index (χ3v) is 4.72. The summed E-state index contributed by atoms with van der Waals surface area (Å²) in [7, 11) is 2.04. The van der Waals surface area contributed by atoms with Crippen molar-refractivity contribution < 1.29 is 9.52 Å². The van der Waals surface area contributed by atoms with Gasteiger partial charge in [0.1, 0.15) is 0 Å². The fourth-order valence-electron chi connectivity index (χ4n) is 2.92. The van der Waals surface area contributed by atoms with Crippen LogP contribution >= 0.6 is 11.3 Å². The lowest BCUT2D eigenvalue weighted by atomic mass is 10.0. The van der Waals surface area contributed by atoms with E-state index in [-0.39, 0.29) is 0 Å². The van der Waals surface area contributed by atoms with Crippen LogP contribution < -0.4 is 0 Å². The van der Waals surface area contributed by atoms with Crippen LogP contribution in [-0.2, 0) is 6.54 Å². The summed E-state index contributed by atoms with van der Waals surface area (Å²) in [5.74, 6) is 0.818. The lowest BCUT2D eigenvalue weighted by Crippen LogP contribution is -2.38. The van der Waals surface area contributed by atoms with Crippen molar-refractivity contribution in [3.05, 3.63) is 29.5 Å². The van der Waals surface area contributed by atoms with Crippen LogP contribution in [0.15, 0.2) is 28.2 Å². The second-order valence-electron chi connectivity index (χ2n) is 5.73. The van der Waals surface area contributed by atoms with Crippen LogP contribution in [-0.4, -0.2) is 34.2 Å². The zero-order valence-corrected chi connectivity index (χ0v) is 12.5.